The molecule has 4 heteroatoms. The largest absolute Gasteiger partial charge is 0.497 e. The number of benzene rings is 1. The van der Waals surface area contributed by atoms with Gasteiger partial charge in [0.25, 0.3) is 0 Å². The van der Waals surface area contributed by atoms with Crippen molar-refractivity contribution >= 4 is 21.6 Å². The number of rotatable bonds is 1. The predicted molar refractivity (Wildman–Crippen MR) is 50.9 cm³/mol. The molecule has 0 saturated carbocycles. The molecule has 0 unspecified atom stereocenters. The Kier molecular flexibility index (Phi) is 1.92. The zero-order chi connectivity index (χ0) is 9.42. The van der Waals surface area contributed by atoms with Crippen LogP contribution in [-0.2, 0) is 0 Å². The maximum Gasteiger partial charge on any atom is 0.153 e. The number of fused-ring (bicyclic) bond motifs is 1. The number of ether oxygens (including phenoxy) is 1. The van der Waals surface area contributed by atoms with Crippen LogP contribution in [0.2, 0.25) is 0 Å². The van der Waals surface area contributed by atoms with Crippen LogP contribution in [0.5, 0.6) is 5.75 Å². The van der Waals surface area contributed by atoms with Gasteiger partial charge >= 0.3 is 0 Å². The van der Waals surface area contributed by atoms with Gasteiger partial charge in [-0.25, -0.2) is 9.37 Å². The molecule has 0 fully saturated rings. The van der Waals surface area contributed by atoms with Gasteiger partial charge in [-0.1, -0.05) is 0 Å². The van der Waals surface area contributed by atoms with E-state index in [4.69, 9.17) is 4.74 Å². The van der Waals surface area contributed by atoms with Crippen LogP contribution < -0.4 is 4.74 Å². The SMILES string of the molecule is COc1cc(F)c2nc(C)sc2c1. The summed E-state index contributed by atoms with van der Waals surface area (Å²) in [5, 5.41) is 0.863. The fraction of sp³-hybridized carbons (Fsp3) is 0.222. The second-order valence-electron chi connectivity index (χ2n) is 2.69. The minimum atomic E-state index is -0.321. The van der Waals surface area contributed by atoms with Crippen LogP contribution in [0.1, 0.15) is 5.01 Å². The van der Waals surface area contributed by atoms with E-state index in [0.29, 0.717) is 11.3 Å². The number of thiazole rings is 1. The lowest BCUT2D eigenvalue weighted by Gasteiger charge is -1.98. The molecule has 0 aliphatic rings. The van der Waals surface area contributed by atoms with E-state index >= 15 is 0 Å². The maximum absolute atomic E-state index is 13.3. The summed E-state index contributed by atoms with van der Waals surface area (Å²) in [5.41, 5.74) is 0.434. The lowest BCUT2D eigenvalue weighted by Crippen LogP contribution is -1.84. The standard InChI is InChI=1S/C9H8FNOS/c1-5-11-9-7(10)3-6(12-2)4-8(9)13-5/h3-4H,1-2H3. The van der Waals surface area contributed by atoms with Gasteiger partial charge in [-0.3, -0.25) is 0 Å². The Morgan fingerprint density at radius 3 is 2.92 bits per heavy atom. The molecule has 0 radical (unpaired) electrons. The van der Waals surface area contributed by atoms with Crippen molar-refractivity contribution in [3.05, 3.63) is 23.0 Å². The van der Waals surface area contributed by atoms with E-state index in [0.717, 1.165) is 9.71 Å². The number of aryl methyl sites for hydroxylation is 1. The minimum absolute atomic E-state index is 0.321. The molecule has 13 heavy (non-hydrogen) atoms. The summed E-state index contributed by atoms with van der Waals surface area (Å²) in [6.07, 6.45) is 0. The topological polar surface area (TPSA) is 22.1 Å². The number of aromatic nitrogens is 1. The molecule has 2 nitrogen and oxygen atoms in total. The second-order valence-corrected chi connectivity index (χ2v) is 3.92. The number of nitrogens with zero attached hydrogens (tertiary/aromatic N) is 1. The fourth-order valence-corrected chi connectivity index (χ4v) is 2.06. The Balaban J connectivity index is 2.75. The van der Waals surface area contributed by atoms with Gasteiger partial charge in [0.15, 0.2) is 5.82 Å². The average molecular weight is 197 g/mol. The molecular weight excluding hydrogens is 189 g/mol. The van der Waals surface area contributed by atoms with Gasteiger partial charge in [-0.05, 0) is 13.0 Å². The van der Waals surface area contributed by atoms with Gasteiger partial charge in [0.05, 0.1) is 16.8 Å². The van der Waals surface area contributed by atoms with Gasteiger partial charge in [-0.15, -0.1) is 11.3 Å². The van der Waals surface area contributed by atoms with E-state index in [1.165, 1.54) is 24.5 Å². The number of hydrogen-bond acceptors (Lipinski definition) is 3. The normalized spacial score (nSPS) is 10.7. The molecule has 0 N–H and O–H groups in total. The number of hydrogen-bond donors (Lipinski definition) is 0. The number of halogens is 1. The first-order valence-corrected chi connectivity index (χ1v) is 4.63. The zero-order valence-corrected chi connectivity index (χ0v) is 8.11. The zero-order valence-electron chi connectivity index (χ0n) is 7.30. The molecule has 1 heterocycles. The molecule has 0 bridgehead atoms. The average Bonchev–Trinajstić information content (AvgIpc) is 2.46. The first-order valence-electron chi connectivity index (χ1n) is 3.81. The highest BCUT2D eigenvalue weighted by molar-refractivity contribution is 7.18. The van der Waals surface area contributed by atoms with Crippen LogP contribution in [0.15, 0.2) is 12.1 Å². The molecule has 1 aromatic heterocycles. The summed E-state index contributed by atoms with van der Waals surface area (Å²) in [4.78, 5) is 4.08. The van der Waals surface area contributed by atoms with Crippen molar-refractivity contribution in [1.82, 2.24) is 4.98 Å². The van der Waals surface area contributed by atoms with E-state index < -0.39 is 0 Å². The summed E-state index contributed by atoms with van der Waals surface area (Å²) >= 11 is 1.46. The molecule has 0 spiro atoms. The van der Waals surface area contributed by atoms with Crippen LogP contribution >= 0.6 is 11.3 Å². The third-order valence-corrected chi connectivity index (χ3v) is 2.68. The van der Waals surface area contributed by atoms with Crippen LogP contribution in [0.25, 0.3) is 10.2 Å². The Labute approximate surface area is 79.0 Å². The van der Waals surface area contributed by atoms with Gasteiger partial charge in [0, 0.05) is 6.07 Å². The molecule has 0 aliphatic carbocycles. The van der Waals surface area contributed by atoms with Gasteiger partial charge in [-0.2, -0.15) is 0 Å². The van der Waals surface area contributed by atoms with Crippen molar-refractivity contribution in [2.45, 2.75) is 6.92 Å². The molecule has 0 aliphatic heterocycles. The highest BCUT2D eigenvalue weighted by Crippen LogP contribution is 2.28. The van der Waals surface area contributed by atoms with Gasteiger partial charge < -0.3 is 4.74 Å². The molecule has 68 valence electrons. The lowest BCUT2D eigenvalue weighted by molar-refractivity contribution is 0.412. The summed E-state index contributed by atoms with van der Waals surface area (Å²) < 4.78 is 19.1. The quantitative estimate of drug-likeness (QED) is 0.701. The van der Waals surface area contributed by atoms with E-state index in [2.05, 4.69) is 4.98 Å². The number of methoxy groups -OCH3 is 1. The van der Waals surface area contributed by atoms with Crippen molar-refractivity contribution in [3.63, 3.8) is 0 Å². The summed E-state index contributed by atoms with van der Waals surface area (Å²) in [7, 11) is 1.52. The van der Waals surface area contributed by atoms with E-state index in [-0.39, 0.29) is 5.82 Å². The Morgan fingerprint density at radius 2 is 2.23 bits per heavy atom. The van der Waals surface area contributed by atoms with Gasteiger partial charge in [0.1, 0.15) is 11.3 Å². The summed E-state index contributed by atoms with van der Waals surface area (Å²) in [6.45, 7) is 1.86. The molecule has 1 aromatic carbocycles. The van der Waals surface area contributed by atoms with Crippen LogP contribution in [-0.4, -0.2) is 12.1 Å². The summed E-state index contributed by atoms with van der Waals surface area (Å²) in [6, 6.07) is 3.14. The molecule has 0 amide bonds. The minimum Gasteiger partial charge on any atom is -0.497 e. The molecule has 0 atom stereocenters. The van der Waals surface area contributed by atoms with Crippen LogP contribution in [0.4, 0.5) is 4.39 Å². The Hall–Kier alpha value is -1.16. The first kappa shape index (κ1) is 8.44. The first-order chi connectivity index (χ1) is 6.20. The van der Waals surface area contributed by atoms with E-state index in [1.807, 2.05) is 6.92 Å². The Bertz CT molecular complexity index is 452. The van der Waals surface area contributed by atoms with Crippen molar-refractivity contribution < 1.29 is 9.13 Å². The monoisotopic (exact) mass is 197 g/mol. The van der Waals surface area contributed by atoms with E-state index in [9.17, 15) is 4.39 Å². The smallest absolute Gasteiger partial charge is 0.153 e. The van der Waals surface area contributed by atoms with Crippen molar-refractivity contribution in [2.24, 2.45) is 0 Å². The third kappa shape index (κ3) is 1.37. The lowest BCUT2D eigenvalue weighted by atomic mass is 10.3. The summed E-state index contributed by atoms with van der Waals surface area (Å²) in [5.74, 6) is 0.215. The van der Waals surface area contributed by atoms with Crippen LogP contribution in [0, 0.1) is 12.7 Å². The third-order valence-electron chi connectivity index (χ3n) is 1.76. The van der Waals surface area contributed by atoms with Crippen molar-refractivity contribution in [3.8, 4) is 5.75 Å². The molecule has 2 rings (SSSR count). The molecular formula is C9H8FNOS. The Morgan fingerprint density at radius 1 is 1.46 bits per heavy atom. The molecule has 2 aromatic rings. The maximum atomic E-state index is 13.3. The van der Waals surface area contributed by atoms with Crippen molar-refractivity contribution in [2.75, 3.05) is 7.11 Å². The second kappa shape index (κ2) is 2.96. The van der Waals surface area contributed by atoms with Gasteiger partial charge in [0.2, 0.25) is 0 Å². The van der Waals surface area contributed by atoms with Crippen molar-refractivity contribution in [1.29, 1.82) is 0 Å². The fourth-order valence-electron chi connectivity index (χ4n) is 1.19. The highest BCUT2D eigenvalue weighted by atomic mass is 32.1. The van der Waals surface area contributed by atoms with Crippen LogP contribution in [0.3, 0.4) is 0 Å². The highest BCUT2D eigenvalue weighted by Gasteiger charge is 2.08. The predicted octanol–water partition coefficient (Wildman–Crippen LogP) is 2.75. The molecule has 0 saturated heterocycles. The van der Waals surface area contributed by atoms with E-state index in [1.54, 1.807) is 6.07 Å².